The van der Waals surface area contributed by atoms with Crippen LogP contribution in [0.5, 0.6) is 0 Å². The van der Waals surface area contributed by atoms with E-state index in [4.69, 9.17) is 37.0 Å². The second kappa shape index (κ2) is 73.2. The summed E-state index contributed by atoms with van der Waals surface area (Å²) in [5.74, 6) is 0.337. The van der Waals surface area contributed by atoms with Crippen LogP contribution in [-0.4, -0.2) is 96.7 Å². The number of carbonyl (C=O) groups excluding carboxylic acids is 4. The molecule has 0 aliphatic heterocycles. The van der Waals surface area contributed by atoms with Crippen molar-refractivity contribution in [2.45, 2.75) is 452 Å². The van der Waals surface area contributed by atoms with Crippen LogP contribution in [0.25, 0.3) is 0 Å². The number of phosphoric ester groups is 2. The number of rotatable bonds is 81. The summed E-state index contributed by atoms with van der Waals surface area (Å²) >= 11 is 0. The number of aliphatic hydroxyl groups excluding tert-OH is 1. The van der Waals surface area contributed by atoms with Crippen LogP contribution in [0.2, 0.25) is 0 Å². The van der Waals surface area contributed by atoms with Gasteiger partial charge in [0, 0.05) is 25.7 Å². The second-order valence-electron chi connectivity index (χ2n) is 30.8. The lowest BCUT2D eigenvalue weighted by atomic mass is 9.99. The highest BCUT2D eigenvalue weighted by Crippen LogP contribution is 2.45. The first-order valence-electron chi connectivity index (χ1n) is 42.9. The molecule has 0 bridgehead atoms. The van der Waals surface area contributed by atoms with Crippen molar-refractivity contribution in [3.8, 4) is 0 Å². The fraction of sp³-hybridized carbons (Fsp3) is 0.952. The molecule has 3 N–H and O–H groups in total. The summed E-state index contributed by atoms with van der Waals surface area (Å²) in [6.45, 7) is 12.0. The standard InChI is InChI=1S/C83H162O17P2/c1-8-11-12-13-14-15-35-43-50-57-64-80(85)93-71-79(100-83(88)67-60-53-46-39-38-42-49-56-63-76(7)10-3)73-98-102(91,92)96-69-77(84)68-95-101(89,90)97-72-78(70-94-81(86)65-58-51-44-36-31-27-24-20-21-25-29-33-40-47-54-61-74(4)5)99-82(87)66-59-52-45-37-32-28-23-19-17-16-18-22-26-30-34-41-48-55-62-75(6)9-2/h74-79,84H,8-73H2,1-7H3,(H,89,90)(H,91,92)/t75?,76?,77-,78-,79-/m1/s1. The van der Waals surface area contributed by atoms with E-state index in [0.717, 1.165) is 108 Å². The first kappa shape index (κ1) is 100. The molecule has 0 saturated heterocycles. The summed E-state index contributed by atoms with van der Waals surface area (Å²) in [5, 5.41) is 10.6. The van der Waals surface area contributed by atoms with E-state index in [2.05, 4.69) is 48.5 Å². The monoisotopic (exact) mass is 1490 g/mol. The topological polar surface area (TPSA) is 237 Å². The molecule has 0 spiro atoms. The predicted octanol–water partition coefficient (Wildman–Crippen LogP) is 24.9. The summed E-state index contributed by atoms with van der Waals surface area (Å²) < 4.78 is 68.7. The first-order chi connectivity index (χ1) is 49.3. The fourth-order valence-corrected chi connectivity index (χ4v) is 14.4. The zero-order valence-electron chi connectivity index (χ0n) is 67.1. The molecular weight excluding hydrogens is 1330 g/mol. The molecule has 0 aliphatic rings. The molecule has 606 valence electrons. The maximum absolute atomic E-state index is 13.1. The lowest BCUT2D eigenvalue weighted by Gasteiger charge is -2.21. The van der Waals surface area contributed by atoms with Crippen molar-refractivity contribution in [3.05, 3.63) is 0 Å². The van der Waals surface area contributed by atoms with E-state index < -0.39 is 97.5 Å². The Morgan fingerprint density at radius 2 is 0.500 bits per heavy atom. The van der Waals surface area contributed by atoms with E-state index in [-0.39, 0.29) is 25.7 Å². The van der Waals surface area contributed by atoms with Crippen LogP contribution in [0.4, 0.5) is 0 Å². The molecule has 17 nitrogen and oxygen atoms in total. The smallest absolute Gasteiger partial charge is 0.462 e. The highest BCUT2D eigenvalue weighted by molar-refractivity contribution is 7.47. The molecule has 0 saturated carbocycles. The molecule has 0 heterocycles. The van der Waals surface area contributed by atoms with Gasteiger partial charge >= 0.3 is 39.5 Å². The van der Waals surface area contributed by atoms with Crippen molar-refractivity contribution in [2.24, 2.45) is 17.8 Å². The molecule has 0 amide bonds. The molecule has 0 aliphatic carbocycles. The first-order valence-corrected chi connectivity index (χ1v) is 45.9. The summed E-state index contributed by atoms with van der Waals surface area (Å²) in [4.78, 5) is 73.0. The van der Waals surface area contributed by atoms with Gasteiger partial charge in [-0.1, -0.05) is 382 Å². The minimum atomic E-state index is -4.96. The molecule has 0 radical (unpaired) electrons. The highest BCUT2D eigenvalue weighted by Gasteiger charge is 2.30. The van der Waals surface area contributed by atoms with Gasteiger partial charge in [-0.25, -0.2) is 9.13 Å². The Labute approximate surface area is 626 Å². The summed E-state index contributed by atoms with van der Waals surface area (Å²) in [5.41, 5.74) is 0. The molecule has 7 atom stereocenters. The van der Waals surface area contributed by atoms with Gasteiger partial charge in [-0.2, -0.15) is 0 Å². The van der Waals surface area contributed by atoms with E-state index in [0.29, 0.717) is 25.7 Å². The SMILES string of the molecule is CCCCCCCCCCCCC(=O)OC[C@H](COP(=O)(O)OC[C@H](O)COP(=O)(O)OC[C@@H](COC(=O)CCCCCCCCCCCCCCCCCC(C)C)OC(=O)CCCCCCCCCCCCCCCCCCCCC(C)CC)OC(=O)CCCCCCCCCCC(C)CC. The van der Waals surface area contributed by atoms with Gasteiger partial charge in [0.1, 0.15) is 19.3 Å². The van der Waals surface area contributed by atoms with Crippen LogP contribution in [-0.2, 0) is 65.4 Å². The summed E-state index contributed by atoms with van der Waals surface area (Å²) in [6, 6.07) is 0. The van der Waals surface area contributed by atoms with Crippen LogP contribution in [0.15, 0.2) is 0 Å². The molecule has 19 heteroatoms. The zero-order chi connectivity index (χ0) is 75.1. The van der Waals surface area contributed by atoms with Crippen molar-refractivity contribution in [3.63, 3.8) is 0 Å². The average molecular weight is 1490 g/mol. The zero-order valence-corrected chi connectivity index (χ0v) is 68.9. The van der Waals surface area contributed by atoms with E-state index in [9.17, 15) is 43.2 Å². The molecule has 0 rings (SSSR count). The molecule has 0 aromatic carbocycles. The number of ether oxygens (including phenoxy) is 4. The molecule has 4 unspecified atom stereocenters. The number of hydrogen-bond acceptors (Lipinski definition) is 15. The van der Waals surface area contributed by atoms with Crippen molar-refractivity contribution in [1.82, 2.24) is 0 Å². The van der Waals surface area contributed by atoms with Gasteiger partial charge in [0.05, 0.1) is 26.4 Å². The van der Waals surface area contributed by atoms with Crippen molar-refractivity contribution in [2.75, 3.05) is 39.6 Å². The third kappa shape index (κ3) is 73.6. The second-order valence-corrected chi connectivity index (χ2v) is 33.7. The van der Waals surface area contributed by atoms with Crippen LogP contribution in [0.1, 0.15) is 434 Å². The number of carbonyl (C=O) groups is 4. The number of phosphoric acid groups is 2. The minimum Gasteiger partial charge on any atom is -0.462 e. The van der Waals surface area contributed by atoms with Gasteiger partial charge in [0.2, 0.25) is 0 Å². The van der Waals surface area contributed by atoms with Crippen molar-refractivity contribution >= 4 is 39.5 Å². The van der Waals surface area contributed by atoms with Gasteiger partial charge in [0.15, 0.2) is 12.2 Å². The van der Waals surface area contributed by atoms with Gasteiger partial charge in [-0.05, 0) is 43.4 Å². The molecule has 0 fully saturated rings. The van der Waals surface area contributed by atoms with E-state index in [1.807, 2.05) is 0 Å². The normalized spacial score (nSPS) is 14.5. The van der Waals surface area contributed by atoms with Gasteiger partial charge in [-0.15, -0.1) is 0 Å². The molecular formula is C83H162O17P2. The van der Waals surface area contributed by atoms with Crippen LogP contribution >= 0.6 is 15.6 Å². The number of esters is 4. The van der Waals surface area contributed by atoms with Crippen LogP contribution in [0.3, 0.4) is 0 Å². The lowest BCUT2D eigenvalue weighted by Crippen LogP contribution is -2.30. The van der Waals surface area contributed by atoms with Crippen LogP contribution < -0.4 is 0 Å². The quantitative estimate of drug-likeness (QED) is 0.0222. The number of unbranched alkanes of at least 4 members (excludes halogenated alkanes) is 47. The Hall–Kier alpha value is -1.94. The Balaban J connectivity index is 5.21. The van der Waals surface area contributed by atoms with E-state index >= 15 is 0 Å². The maximum Gasteiger partial charge on any atom is 0.472 e. The minimum absolute atomic E-state index is 0.105. The molecule has 0 aromatic heterocycles. The summed E-state index contributed by atoms with van der Waals surface area (Å²) in [7, 11) is -9.92. The third-order valence-electron chi connectivity index (χ3n) is 20.1. The van der Waals surface area contributed by atoms with Gasteiger partial charge in [0.25, 0.3) is 0 Å². The Morgan fingerprint density at radius 3 is 0.745 bits per heavy atom. The molecule has 102 heavy (non-hydrogen) atoms. The van der Waals surface area contributed by atoms with Crippen molar-refractivity contribution < 1.29 is 80.2 Å². The predicted molar refractivity (Wildman–Crippen MR) is 418 cm³/mol. The Morgan fingerprint density at radius 1 is 0.284 bits per heavy atom. The third-order valence-corrected chi connectivity index (χ3v) is 22.0. The molecule has 0 aromatic rings. The van der Waals surface area contributed by atoms with E-state index in [1.165, 1.54) is 244 Å². The van der Waals surface area contributed by atoms with Gasteiger partial charge < -0.3 is 33.8 Å². The van der Waals surface area contributed by atoms with Crippen LogP contribution in [0, 0.1) is 17.8 Å². The highest BCUT2D eigenvalue weighted by atomic mass is 31.2. The largest absolute Gasteiger partial charge is 0.472 e. The average Bonchev–Trinajstić information content (AvgIpc) is 0.917. The van der Waals surface area contributed by atoms with Gasteiger partial charge in [-0.3, -0.25) is 37.3 Å². The summed E-state index contributed by atoms with van der Waals surface area (Å²) in [6.07, 6.45) is 62.4. The van der Waals surface area contributed by atoms with E-state index in [1.54, 1.807) is 0 Å². The van der Waals surface area contributed by atoms with Crippen molar-refractivity contribution in [1.29, 1.82) is 0 Å². The number of hydrogen-bond donors (Lipinski definition) is 3. The maximum atomic E-state index is 13.1. The number of aliphatic hydroxyl groups is 1. The Bertz CT molecular complexity index is 1980. The lowest BCUT2D eigenvalue weighted by molar-refractivity contribution is -0.161. The fourth-order valence-electron chi connectivity index (χ4n) is 12.8. The Kier molecular flexibility index (Phi) is 71.8.